The van der Waals surface area contributed by atoms with Crippen molar-refractivity contribution in [3.8, 4) is 0 Å². The maximum Gasteiger partial charge on any atom is 0.261 e. The van der Waals surface area contributed by atoms with E-state index in [4.69, 9.17) is 0 Å². The fourth-order valence-corrected chi connectivity index (χ4v) is 5.90. The summed E-state index contributed by atoms with van der Waals surface area (Å²) in [6.45, 7) is 1.99. The quantitative estimate of drug-likeness (QED) is 0.594. The van der Waals surface area contributed by atoms with Crippen molar-refractivity contribution in [1.82, 2.24) is 10.2 Å². The van der Waals surface area contributed by atoms with Crippen LogP contribution in [0.3, 0.4) is 0 Å². The molecule has 2 aromatic rings. The number of halogens is 1. The molecule has 1 saturated heterocycles. The highest BCUT2D eigenvalue weighted by Crippen LogP contribution is 2.25. The molecule has 0 spiro atoms. The summed E-state index contributed by atoms with van der Waals surface area (Å²) in [6, 6.07) is 12.3. The topological polar surface area (TPSA) is 78.5 Å². The minimum atomic E-state index is -3.80. The maximum atomic E-state index is 13.0. The van der Waals surface area contributed by atoms with Crippen molar-refractivity contribution in [2.24, 2.45) is 0 Å². The summed E-state index contributed by atoms with van der Waals surface area (Å²) in [5, 5.41) is 3.17. The number of nitrogens with one attached hydrogen (secondary N) is 2. The van der Waals surface area contributed by atoms with Crippen molar-refractivity contribution >= 4 is 21.6 Å². The van der Waals surface area contributed by atoms with Crippen molar-refractivity contribution in [3.05, 3.63) is 59.9 Å². The van der Waals surface area contributed by atoms with Crippen LogP contribution in [0.2, 0.25) is 0 Å². The van der Waals surface area contributed by atoms with Gasteiger partial charge in [-0.25, -0.2) is 12.8 Å². The van der Waals surface area contributed by atoms with E-state index in [9.17, 15) is 17.6 Å². The Morgan fingerprint density at radius 3 is 2.27 bits per heavy atom. The molecule has 2 N–H and O–H groups in total. The van der Waals surface area contributed by atoms with Gasteiger partial charge < -0.3 is 5.32 Å². The lowest BCUT2D eigenvalue weighted by Gasteiger charge is -2.26. The highest BCUT2D eigenvalue weighted by atomic mass is 32.2. The summed E-state index contributed by atoms with van der Waals surface area (Å²) in [5.74, 6) is -0.506. The van der Waals surface area contributed by atoms with Gasteiger partial charge in [-0.1, -0.05) is 37.8 Å². The van der Waals surface area contributed by atoms with Crippen LogP contribution in [-0.4, -0.2) is 44.4 Å². The first-order valence-corrected chi connectivity index (χ1v) is 13.3. The molecule has 1 amide bonds. The van der Waals surface area contributed by atoms with Crippen LogP contribution in [-0.2, 0) is 21.2 Å². The molecule has 2 aliphatic rings. The molecule has 1 saturated carbocycles. The van der Waals surface area contributed by atoms with Crippen molar-refractivity contribution in [2.75, 3.05) is 17.8 Å². The van der Waals surface area contributed by atoms with E-state index in [2.05, 4.69) is 14.9 Å². The predicted octanol–water partition coefficient (Wildman–Crippen LogP) is 4.08. The third-order valence-corrected chi connectivity index (χ3v) is 8.02. The van der Waals surface area contributed by atoms with Gasteiger partial charge in [-0.3, -0.25) is 14.4 Å². The Kier molecular flexibility index (Phi) is 7.65. The molecule has 1 aliphatic heterocycles. The first-order chi connectivity index (χ1) is 15.9. The van der Waals surface area contributed by atoms with Gasteiger partial charge in [-0.05, 0) is 61.2 Å². The molecule has 2 fully saturated rings. The Bertz CT molecular complexity index is 1030. The number of carbonyl (C=O) groups is 1. The number of likely N-dealkylation sites (tertiary alicyclic amines) is 1. The first-order valence-electron chi connectivity index (χ1n) is 11.8. The zero-order valence-corrected chi connectivity index (χ0v) is 19.6. The number of amides is 1. The van der Waals surface area contributed by atoms with Gasteiger partial charge in [0.15, 0.2) is 0 Å². The SMILES string of the molecule is O=C(Cc1ccc(NS(=O)(=O)c2ccc(F)cc2)cc1)NC1CCN(C2CCCCCC2)C1. The second-order valence-corrected chi connectivity index (χ2v) is 10.8. The lowest BCUT2D eigenvalue weighted by molar-refractivity contribution is -0.121. The number of anilines is 1. The lowest BCUT2D eigenvalue weighted by atomic mass is 10.1. The van der Waals surface area contributed by atoms with Crippen LogP contribution in [0.1, 0.15) is 50.5 Å². The van der Waals surface area contributed by atoms with Crippen LogP contribution >= 0.6 is 0 Å². The number of carbonyl (C=O) groups excluding carboxylic acids is 1. The molecule has 178 valence electrons. The summed E-state index contributed by atoms with van der Waals surface area (Å²) in [6.07, 6.45) is 9.11. The van der Waals surface area contributed by atoms with Crippen LogP contribution < -0.4 is 10.0 Å². The Morgan fingerprint density at radius 1 is 0.939 bits per heavy atom. The summed E-state index contributed by atoms with van der Waals surface area (Å²) >= 11 is 0. The van der Waals surface area contributed by atoms with Crippen LogP contribution in [0.25, 0.3) is 0 Å². The molecule has 0 bridgehead atoms. The van der Waals surface area contributed by atoms with Crippen molar-refractivity contribution in [3.63, 3.8) is 0 Å². The molecule has 0 radical (unpaired) electrons. The second kappa shape index (κ2) is 10.7. The van der Waals surface area contributed by atoms with E-state index in [0.717, 1.165) is 37.2 Å². The summed E-state index contributed by atoms with van der Waals surface area (Å²) in [4.78, 5) is 15.1. The zero-order chi connectivity index (χ0) is 23.3. The van der Waals surface area contributed by atoms with Gasteiger partial charge in [0.05, 0.1) is 11.3 Å². The highest BCUT2D eigenvalue weighted by molar-refractivity contribution is 7.92. The summed E-state index contributed by atoms with van der Waals surface area (Å²) < 4.78 is 40.4. The summed E-state index contributed by atoms with van der Waals surface area (Å²) in [7, 11) is -3.80. The van der Waals surface area contributed by atoms with Gasteiger partial charge in [0.1, 0.15) is 5.82 Å². The molecule has 8 heteroatoms. The molecule has 2 aromatic carbocycles. The lowest BCUT2D eigenvalue weighted by Crippen LogP contribution is -2.40. The Hall–Kier alpha value is -2.45. The third-order valence-electron chi connectivity index (χ3n) is 6.62. The molecule has 1 heterocycles. The van der Waals surface area contributed by atoms with E-state index in [1.165, 1.54) is 50.7 Å². The second-order valence-electron chi connectivity index (χ2n) is 9.13. The van der Waals surface area contributed by atoms with E-state index in [1.54, 1.807) is 24.3 Å². The van der Waals surface area contributed by atoms with Gasteiger partial charge in [0.25, 0.3) is 10.0 Å². The number of sulfonamides is 1. The number of rotatable bonds is 7. The Morgan fingerprint density at radius 2 is 1.61 bits per heavy atom. The Balaban J connectivity index is 1.26. The number of hydrogen-bond donors (Lipinski definition) is 2. The van der Waals surface area contributed by atoms with E-state index in [1.807, 2.05) is 0 Å². The zero-order valence-electron chi connectivity index (χ0n) is 18.8. The monoisotopic (exact) mass is 473 g/mol. The molecular weight excluding hydrogens is 441 g/mol. The number of nitrogens with zero attached hydrogens (tertiary/aromatic N) is 1. The van der Waals surface area contributed by atoms with Crippen molar-refractivity contribution in [2.45, 2.75) is 68.3 Å². The smallest absolute Gasteiger partial charge is 0.261 e. The maximum absolute atomic E-state index is 13.0. The summed E-state index contributed by atoms with van der Waals surface area (Å²) in [5.41, 5.74) is 1.20. The fraction of sp³-hybridized carbons (Fsp3) is 0.480. The van der Waals surface area contributed by atoms with Gasteiger partial charge in [-0.2, -0.15) is 0 Å². The number of benzene rings is 2. The highest BCUT2D eigenvalue weighted by Gasteiger charge is 2.29. The molecule has 1 unspecified atom stereocenters. The standard InChI is InChI=1S/C25H32FN3O3S/c26-20-9-13-24(14-10-20)33(31,32)28-21-11-7-19(8-12-21)17-25(30)27-22-15-16-29(18-22)23-5-3-1-2-4-6-23/h7-14,22-23,28H,1-6,15-18H2,(H,27,30). The van der Waals surface area contributed by atoms with E-state index < -0.39 is 15.8 Å². The minimum Gasteiger partial charge on any atom is -0.352 e. The predicted molar refractivity (Wildman–Crippen MR) is 127 cm³/mol. The van der Waals surface area contributed by atoms with Crippen LogP contribution in [0.5, 0.6) is 0 Å². The van der Waals surface area contributed by atoms with Gasteiger partial charge >= 0.3 is 0 Å². The van der Waals surface area contributed by atoms with Gasteiger partial charge in [-0.15, -0.1) is 0 Å². The fourth-order valence-electron chi connectivity index (χ4n) is 4.84. The number of hydrogen-bond acceptors (Lipinski definition) is 4. The molecule has 1 atom stereocenters. The molecule has 0 aromatic heterocycles. The Labute approximate surface area is 195 Å². The van der Waals surface area contributed by atoms with Crippen LogP contribution in [0.15, 0.2) is 53.4 Å². The normalized spacial score (nSPS) is 20.3. The average Bonchev–Trinajstić information content (AvgIpc) is 3.07. The van der Waals surface area contributed by atoms with Gasteiger partial charge in [0.2, 0.25) is 5.91 Å². The van der Waals surface area contributed by atoms with E-state index in [0.29, 0.717) is 11.7 Å². The molecule has 1 aliphatic carbocycles. The minimum absolute atomic E-state index is 0.0117. The van der Waals surface area contributed by atoms with E-state index >= 15 is 0 Å². The molecular formula is C25H32FN3O3S. The van der Waals surface area contributed by atoms with Crippen molar-refractivity contribution in [1.29, 1.82) is 0 Å². The molecule has 4 rings (SSSR count). The largest absolute Gasteiger partial charge is 0.352 e. The molecule has 6 nitrogen and oxygen atoms in total. The van der Waals surface area contributed by atoms with Crippen LogP contribution in [0.4, 0.5) is 10.1 Å². The average molecular weight is 474 g/mol. The molecule has 33 heavy (non-hydrogen) atoms. The third kappa shape index (κ3) is 6.54. The van der Waals surface area contributed by atoms with Gasteiger partial charge in [0, 0.05) is 30.9 Å². The van der Waals surface area contributed by atoms with Crippen molar-refractivity contribution < 1.29 is 17.6 Å². The van der Waals surface area contributed by atoms with Crippen LogP contribution in [0, 0.1) is 5.82 Å². The first kappa shape index (κ1) is 23.7. The van der Waals surface area contributed by atoms with E-state index in [-0.39, 0.29) is 23.3 Å².